The molecule has 0 spiro atoms. The molecule has 3 aromatic rings. The van der Waals surface area contributed by atoms with Gasteiger partial charge in [0.15, 0.2) is 0 Å². The normalized spacial score (nSPS) is 11.5. The minimum absolute atomic E-state index is 0.0886. The van der Waals surface area contributed by atoms with E-state index in [9.17, 15) is 16.8 Å². The maximum Gasteiger partial charge on any atom is 0.357 e. The molecule has 14 nitrogen and oxygen atoms in total. The molecule has 0 unspecified atom stereocenters. The van der Waals surface area contributed by atoms with Crippen LogP contribution in [0.1, 0.15) is 0 Å². The molecule has 31 heavy (non-hydrogen) atoms. The van der Waals surface area contributed by atoms with E-state index in [2.05, 4.69) is 25.6 Å². The lowest BCUT2D eigenvalue weighted by Gasteiger charge is -2.10. The first-order chi connectivity index (χ1) is 14.4. The Morgan fingerprint density at radius 3 is 1.26 bits per heavy atom. The van der Waals surface area contributed by atoms with E-state index in [1.807, 2.05) is 9.44 Å². The predicted molar refractivity (Wildman–Crippen MR) is 114 cm³/mol. The Kier molecular flexibility index (Phi) is 6.07. The van der Waals surface area contributed by atoms with Crippen LogP contribution in [0.4, 0.5) is 40.6 Å². The summed E-state index contributed by atoms with van der Waals surface area (Å²) >= 11 is 0. The summed E-state index contributed by atoms with van der Waals surface area (Å²) in [6.07, 6.45) is 0. The van der Waals surface area contributed by atoms with E-state index in [0.29, 0.717) is 11.4 Å². The topological polar surface area (TPSA) is 222 Å². The zero-order valence-electron chi connectivity index (χ0n) is 15.4. The fraction of sp³-hybridized carbons (Fsp3) is 0. The third kappa shape index (κ3) is 7.23. The van der Waals surface area contributed by atoms with Crippen molar-refractivity contribution in [3.8, 4) is 0 Å². The van der Waals surface area contributed by atoms with Crippen molar-refractivity contribution in [3.05, 3.63) is 48.5 Å². The number of nitrogens with zero attached hydrogens (tertiary/aromatic N) is 3. The predicted octanol–water partition coefficient (Wildman–Crippen LogP) is 1.37. The monoisotopic (exact) mass is 468 g/mol. The molecule has 2 aromatic carbocycles. The maximum absolute atomic E-state index is 10.8. The third-order valence-electron chi connectivity index (χ3n) is 3.43. The van der Waals surface area contributed by atoms with Gasteiger partial charge in [0.05, 0.1) is 11.4 Å². The molecule has 164 valence electrons. The number of hydrogen-bond donors (Lipinski definition) is 7. The van der Waals surface area contributed by atoms with Crippen LogP contribution in [0.2, 0.25) is 0 Å². The lowest BCUT2D eigenvalue weighted by atomic mass is 10.3. The van der Waals surface area contributed by atoms with Crippen LogP contribution in [0.3, 0.4) is 0 Å². The van der Waals surface area contributed by atoms with Gasteiger partial charge in [-0.2, -0.15) is 31.8 Å². The second-order valence-electron chi connectivity index (χ2n) is 5.90. The summed E-state index contributed by atoms with van der Waals surface area (Å²) in [5, 5.41) is 5.74. The number of anilines is 7. The van der Waals surface area contributed by atoms with Crippen molar-refractivity contribution in [2.24, 2.45) is 0 Å². The van der Waals surface area contributed by atoms with Crippen LogP contribution in [0.5, 0.6) is 0 Å². The standard InChI is InChI=1S/C15H16N8O6S2/c16-13-19-14(17-9-1-5-11(6-2-9)22-30(24,25)26)21-15(20-13)18-10-3-7-12(8-4-10)23-31(27,28)29/h1-8,22-23H,(H,24,25,26)(H,27,28,29)(H4,16,17,18,19,20,21). The average Bonchev–Trinajstić information content (AvgIpc) is 2.62. The van der Waals surface area contributed by atoms with Crippen LogP contribution in [-0.4, -0.2) is 40.9 Å². The average molecular weight is 468 g/mol. The Hall–Kier alpha value is -3.73. The Balaban J connectivity index is 1.71. The highest BCUT2D eigenvalue weighted by Crippen LogP contribution is 2.21. The van der Waals surface area contributed by atoms with Crippen molar-refractivity contribution in [2.75, 3.05) is 25.8 Å². The van der Waals surface area contributed by atoms with E-state index < -0.39 is 20.6 Å². The molecule has 0 fully saturated rings. The van der Waals surface area contributed by atoms with Gasteiger partial charge in [0.2, 0.25) is 17.8 Å². The highest BCUT2D eigenvalue weighted by molar-refractivity contribution is 7.87. The van der Waals surface area contributed by atoms with Gasteiger partial charge in [-0.25, -0.2) is 0 Å². The first-order valence-corrected chi connectivity index (χ1v) is 11.1. The van der Waals surface area contributed by atoms with Crippen molar-refractivity contribution >= 4 is 61.2 Å². The van der Waals surface area contributed by atoms with Gasteiger partial charge in [-0.15, -0.1) is 0 Å². The van der Waals surface area contributed by atoms with E-state index in [-0.39, 0.29) is 29.2 Å². The van der Waals surface area contributed by atoms with Crippen LogP contribution < -0.4 is 25.8 Å². The van der Waals surface area contributed by atoms with Crippen molar-refractivity contribution in [2.45, 2.75) is 0 Å². The molecule has 0 atom stereocenters. The molecular formula is C15H16N8O6S2. The van der Waals surface area contributed by atoms with Crippen LogP contribution in [0, 0.1) is 0 Å². The van der Waals surface area contributed by atoms with Crippen molar-refractivity contribution in [1.29, 1.82) is 0 Å². The number of nitrogens with two attached hydrogens (primary N) is 1. The van der Waals surface area contributed by atoms with Gasteiger partial charge in [0, 0.05) is 11.4 Å². The van der Waals surface area contributed by atoms with Gasteiger partial charge in [0.1, 0.15) is 0 Å². The summed E-state index contributed by atoms with van der Waals surface area (Å²) in [6.45, 7) is 0. The van der Waals surface area contributed by atoms with E-state index in [4.69, 9.17) is 14.8 Å². The Bertz CT molecular complexity index is 1180. The number of nitrogen functional groups attached to an aromatic ring is 1. The zero-order chi connectivity index (χ0) is 22.6. The highest BCUT2D eigenvalue weighted by Gasteiger charge is 2.08. The molecular weight excluding hydrogens is 452 g/mol. The number of rotatable bonds is 8. The molecule has 8 N–H and O–H groups in total. The Morgan fingerprint density at radius 2 is 0.935 bits per heavy atom. The smallest absolute Gasteiger partial charge is 0.357 e. The van der Waals surface area contributed by atoms with Gasteiger partial charge in [-0.3, -0.25) is 18.5 Å². The van der Waals surface area contributed by atoms with Gasteiger partial charge in [-0.05, 0) is 48.5 Å². The summed E-state index contributed by atoms with van der Waals surface area (Å²) in [4.78, 5) is 12.1. The van der Waals surface area contributed by atoms with Crippen molar-refractivity contribution in [3.63, 3.8) is 0 Å². The molecule has 0 saturated carbocycles. The van der Waals surface area contributed by atoms with Gasteiger partial charge in [0.25, 0.3) is 0 Å². The summed E-state index contributed by atoms with van der Waals surface area (Å²) in [5.74, 6) is 0.0969. The van der Waals surface area contributed by atoms with E-state index in [1.54, 1.807) is 0 Å². The van der Waals surface area contributed by atoms with Crippen LogP contribution in [0.15, 0.2) is 48.5 Å². The summed E-state index contributed by atoms with van der Waals surface area (Å²) in [6, 6.07) is 11.7. The molecule has 3 rings (SSSR count). The molecule has 16 heteroatoms. The number of aromatic nitrogens is 3. The molecule has 0 aliphatic heterocycles. The van der Waals surface area contributed by atoms with Crippen LogP contribution in [0.25, 0.3) is 0 Å². The molecule has 0 aliphatic carbocycles. The second-order valence-corrected chi connectivity index (χ2v) is 8.21. The molecule has 0 saturated heterocycles. The summed E-state index contributed by atoms with van der Waals surface area (Å²) < 4.78 is 64.7. The SMILES string of the molecule is Nc1nc(Nc2ccc(NS(=O)(=O)O)cc2)nc(Nc2ccc(NS(=O)(=O)O)cc2)n1. The first-order valence-electron chi connectivity index (χ1n) is 8.21. The number of benzene rings is 2. The molecule has 1 aromatic heterocycles. The lowest BCUT2D eigenvalue weighted by Crippen LogP contribution is -2.10. The quantitative estimate of drug-likeness (QED) is 0.233. The van der Waals surface area contributed by atoms with E-state index >= 15 is 0 Å². The number of hydrogen-bond acceptors (Lipinski definition) is 10. The van der Waals surface area contributed by atoms with Gasteiger partial charge in [-0.1, -0.05) is 0 Å². The largest absolute Gasteiger partial charge is 0.368 e. The molecule has 0 bridgehead atoms. The van der Waals surface area contributed by atoms with Crippen molar-refractivity contribution < 1.29 is 25.9 Å². The minimum atomic E-state index is -4.38. The van der Waals surface area contributed by atoms with E-state index in [0.717, 1.165) is 0 Å². The Labute approximate surface area is 176 Å². The van der Waals surface area contributed by atoms with Gasteiger partial charge >= 0.3 is 20.6 Å². The lowest BCUT2D eigenvalue weighted by molar-refractivity contribution is 0.487. The maximum atomic E-state index is 10.8. The molecule has 1 heterocycles. The molecule has 0 radical (unpaired) electrons. The van der Waals surface area contributed by atoms with Gasteiger partial charge < -0.3 is 16.4 Å². The third-order valence-corrected chi connectivity index (χ3v) is 4.42. The van der Waals surface area contributed by atoms with Crippen LogP contribution in [-0.2, 0) is 20.6 Å². The number of nitrogens with one attached hydrogen (secondary N) is 4. The first kappa shape index (κ1) is 22.0. The van der Waals surface area contributed by atoms with E-state index in [1.165, 1.54) is 48.5 Å². The fourth-order valence-corrected chi connectivity index (χ4v) is 3.17. The molecule has 0 amide bonds. The Morgan fingerprint density at radius 1 is 0.613 bits per heavy atom. The summed E-state index contributed by atoms with van der Waals surface area (Å²) in [5.41, 5.74) is 7.00. The molecule has 0 aliphatic rings. The zero-order valence-corrected chi connectivity index (χ0v) is 17.0. The van der Waals surface area contributed by atoms with Crippen molar-refractivity contribution in [1.82, 2.24) is 15.0 Å². The highest BCUT2D eigenvalue weighted by atomic mass is 32.2. The minimum Gasteiger partial charge on any atom is -0.368 e. The van der Waals surface area contributed by atoms with Crippen LogP contribution >= 0.6 is 0 Å². The summed E-state index contributed by atoms with van der Waals surface area (Å²) in [7, 11) is -8.75. The fourth-order valence-electron chi connectivity index (χ4n) is 2.30. The second kappa shape index (κ2) is 8.56.